The fourth-order valence-electron chi connectivity index (χ4n) is 5.42. The Morgan fingerprint density at radius 2 is 1.47 bits per heavy atom. The molecule has 2 unspecified atom stereocenters. The Labute approximate surface area is 203 Å². The van der Waals surface area contributed by atoms with Gasteiger partial charge in [0.1, 0.15) is 5.78 Å². The predicted molar refractivity (Wildman–Crippen MR) is 134 cm³/mol. The molecule has 2 atom stereocenters. The van der Waals surface area contributed by atoms with Crippen molar-refractivity contribution in [2.45, 2.75) is 76.8 Å². The SMILES string of the molecule is CC1(C)OB(c2ccc(CC(=O)C3CC4COCC(C3)N4Cc3ccccc3)cc2)OC1(C)C. The molecule has 3 aliphatic heterocycles. The summed E-state index contributed by atoms with van der Waals surface area (Å²) in [6, 6.07) is 19.4. The minimum Gasteiger partial charge on any atom is -0.399 e. The number of ketones is 1. The molecule has 34 heavy (non-hydrogen) atoms. The number of hydrogen-bond donors (Lipinski definition) is 0. The first kappa shape index (κ1) is 23.7. The molecular formula is C28H36BNO4. The molecule has 3 aliphatic rings. The number of fused-ring (bicyclic) bond motifs is 2. The van der Waals surface area contributed by atoms with Gasteiger partial charge >= 0.3 is 7.12 Å². The fourth-order valence-corrected chi connectivity index (χ4v) is 5.42. The van der Waals surface area contributed by atoms with Crippen molar-refractivity contribution in [3.8, 4) is 0 Å². The van der Waals surface area contributed by atoms with Crippen LogP contribution >= 0.6 is 0 Å². The van der Waals surface area contributed by atoms with Crippen LogP contribution in [-0.4, -0.2) is 54.3 Å². The number of ether oxygens (including phenoxy) is 1. The number of carbonyl (C=O) groups is 1. The Morgan fingerprint density at radius 1 is 0.882 bits per heavy atom. The molecule has 0 radical (unpaired) electrons. The molecule has 5 nitrogen and oxygen atoms in total. The van der Waals surface area contributed by atoms with E-state index >= 15 is 0 Å². The van der Waals surface area contributed by atoms with Crippen LogP contribution in [-0.2, 0) is 31.8 Å². The Hall–Kier alpha value is -1.99. The normalized spacial score (nSPS) is 28.1. The van der Waals surface area contributed by atoms with Crippen LogP contribution in [0.15, 0.2) is 54.6 Å². The standard InChI is InChI=1S/C28H36BNO4/c1-27(2)28(3,4)34-29(33-27)23-12-10-20(11-13-23)14-26(31)22-15-24-18-32-19-25(16-22)30(24)17-21-8-6-5-7-9-21/h5-13,22,24-25H,14-19H2,1-4H3. The molecule has 0 saturated carbocycles. The molecule has 0 aromatic heterocycles. The van der Waals surface area contributed by atoms with Gasteiger partial charge in [0.15, 0.2) is 0 Å². The number of hydrogen-bond acceptors (Lipinski definition) is 5. The third-order valence-electron chi connectivity index (χ3n) is 8.22. The molecule has 0 aliphatic carbocycles. The number of benzene rings is 2. The van der Waals surface area contributed by atoms with E-state index in [1.54, 1.807) is 0 Å². The summed E-state index contributed by atoms with van der Waals surface area (Å²) in [5.41, 5.74) is 2.66. The van der Waals surface area contributed by atoms with Gasteiger partial charge in [0.25, 0.3) is 0 Å². The summed E-state index contributed by atoms with van der Waals surface area (Å²) in [5.74, 6) is 0.452. The van der Waals surface area contributed by atoms with E-state index in [1.165, 1.54) is 5.56 Å². The van der Waals surface area contributed by atoms with E-state index in [4.69, 9.17) is 14.0 Å². The Bertz CT molecular complexity index is 977. The maximum atomic E-state index is 13.3. The molecule has 5 rings (SSSR count). The number of piperidine rings is 1. The maximum Gasteiger partial charge on any atom is 0.494 e. The van der Waals surface area contributed by atoms with E-state index in [9.17, 15) is 4.79 Å². The van der Waals surface area contributed by atoms with Gasteiger partial charge < -0.3 is 14.0 Å². The van der Waals surface area contributed by atoms with E-state index in [0.717, 1.165) is 43.6 Å². The van der Waals surface area contributed by atoms with Gasteiger partial charge in [0.05, 0.1) is 24.4 Å². The number of Topliss-reactive ketones (excluding diaryl/α,β-unsaturated/α-hetero) is 1. The van der Waals surface area contributed by atoms with Crippen molar-refractivity contribution in [1.29, 1.82) is 0 Å². The van der Waals surface area contributed by atoms with Gasteiger partial charge in [-0.3, -0.25) is 9.69 Å². The molecule has 2 aromatic carbocycles. The molecule has 180 valence electrons. The van der Waals surface area contributed by atoms with Gasteiger partial charge in [-0.2, -0.15) is 0 Å². The van der Waals surface area contributed by atoms with Crippen molar-refractivity contribution in [3.05, 3.63) is 65.7 Å². The van der Waals surface area contributed by atoms with Crippen LogP contribution < -0.4 is 5.46 Å². The zero-order chi connectivity index (χ0) is 23.9. The average molecular weight is 461 g/mol. The summed E-state index contributed by atoms with van der Waals surface area (Å²) < 4.78 is 18.2. The summed E-state index contributed by atoms with van der Waals surface area (Å²) in [5, 5.41) is 0. The van der Waals surface area contributed by atoms with Crippen molar-refractivity contribution in [1.82, 2.24) is 4.90 Å². The van der Waals surface area contributed by atoms with E-state index in [2.05, 4.69) is 62.9 Å². The van der Waals surface area contributed by atoms with E-state index in [-0.39, 0.29) is 24.2 Å². The summed E-state index contributed by atoms with van der Waals surface area (Å²) in [4.78, 5) is 15.8. The summed E-state index contributed by atoms with van der Waals surface area (Å²) >= 11 is 0. The zero-order valence-electron chi connectivity index (χ0n) is 20.8. The van der Waals surface area contributed by atoms with Gasteiger partial charge in [-0.1, -0.05) is 54.6 Å². The number of nitrogens with zero attached hydrogens (tertiary/aromatic N) is 1. The van der Waals surface area contributed by atoms with Crippen LogP contribution in [0.5, 0.6) is 0 Å². The van der Waals surface area contributed by atoms with Gasteiger partial charge in [-0.25, -0.2) is 0 Å². The second-order valence-corrected chi connectivity index (χ2v) is 11.1. The lowest BCUT2D eigenvalue weighted by Crippen LogP contribution is -2.57. The largest absolute Gasteiger partial charge is 0.494 e. The maximum absolute atomic E-state index is 13.3. The van der Waals surface area contributed by atoms with Crippen molar-refractivity contribution in [2.24, 2.45) is 5.92 Å². The molecule has 3 fully saturated rings. The second kappa shape index (κ2) is 9.23. The molecule has 2 bridgehead atoms. The molecule has 6 heteroatoms. The number of carbonyl (C=O) groups excluding carboxylic acids is 1. The van der Waals surface area contributed by atoms with Crippen molar-refractivity contribution < 1.29 is 18.8 Å². The van der Waals surface area contributed by atoms with Crippen LogP contribution in [0.2, 0.25) is 0 Å². The second-order valence-electron chi connectivity index (χ2n) is 11.1. The van der Waals surface area contributed by atoms with Gasteiger partial charge in [-0.15, -0.1) is 0 Å². The molecule has 3 heterocycles. The highest BCUT2D eigenvalue weighted by Crippen LogP contribution is 2.37. The first-order chi connectivity index (χ1) is 16.2. The lowest BCUT2D eigenvalue weighted by Gasteiger charge is -2.48. The van der Waals surface area contributed by atoms with E-state index in [0.29, 0.717) is 24.3 Å². The lowest BCUT2D eigenvalue weighted by molar-refractivity contribution is -0.133. The number of morpholine rings is 1. The minimum absolute atomic E-state index is 0.105. The van der Waals surface area contributed by atoms with Gasteiger partial charge in [0.2, 0.25) is 0 Å². The highest BCUT2D eigenvalue weighted by atomic mass is 16.7. The Balaban J connectivity index is 1.20. The smallest absolute Gasteiger partial charge is 0.399 e. The quantitative estimate of drug-likeness (QED) is 0.613. The first-order valence-electron chi connectivity index (χ1n) is 12.6. The third kappa shape index (κ3) is 4.74. The summed E-state index contributed by atoms with van der Waals surface area (Å²) in [6.07, 6.45) is 2.25. The van der Waals surface area contributed by atoms with Crippen LogP contribution in [0.3, 0.4) is 0 Å². The Kier molecular flexibility index (Phi) is 6.45. The molecule has 0 amide bonds. The minimum atomic E-state index is -0.372. The summed E-state index contributed by atoms with van der Waals surface area (Å²) in [6.45, 7) is 10.6. The van der Waals surface area contributed by atoms with Crippen LogP contribution in [0.4, 0.5) is 0 Å². The molecule has 0 N–H and O–H groups in total. The van der Waals surface area contributed by atoms with Crippen LogP contribution in [0, 0.1) is 5.92 Å². The monoisotopic (exact) mass is 461 g/mol. The van der Waals surface area contributed by atoms with Crippen molar-refractivity contribution >= 4 is 18.4 Å². The predicted octanol–water partition coefficient (Wildman–Crippen LogP) is 3.78. The fraction of sp³-hybridized carbons (Fsp3) is 0.536. The topological polar surface area (TPSA) is 48.0 Å². The van der Waals surface area contributed by atoms with E-state index < -0.39 is 0 Å². The zero-order valence-corrected chi connectivity index (χ0v) is 20.8. The van der Waals surface area contributed by atoms with Crippen LogP contribution in [0.25, 0.3) is 0 Å². The van der Waals surface area contributed by atoms with Crippen molar-refractivity contribution in [2.75, 3.05) is 13.2 Å². The first-order valence-corrected chi connectivity index (χ1v) is 12.6. The van der Waals surface area contributed by atoms with E-state index in [1.807, 2.05) is 24.3 Å². The highest BCUT2D eigenvalue weighted by molar-refractivity contribution is 6.62. The lowest BCUT2D eigenvalue weighted by atomic mass is 9.78. The molecule has 0 spiro atoms. The Morgan fingerprint density at radius 3 is 2.06 bits per heavy atom. The summed E-state index contributed by atoms with van der Waals surface area (Å²) in [7, 11) is -0.372. The van der Waals surface area contributed by atoms with Gasteiger partial charge in [-0.05, 0) is 57.1 Å². The van der Waals surface area contributed by atoms with Crippen molar-refractivity contribution in [3.63, 3.8) is 0 Å². The van der Waals surface area contributed by atoms with Gasteiger partial charge in [0, 0.05) is 31.0 Å². The molecular weight excluding hydrogens is 425 g/mol. The third-order valence-corrected chi connectivity index (χ3v) is 8.22. The number of rotatable bonds is 6. The average Bonchev–Trinajstić information content (AvgIpc) is 3.01. The van der Waals surface area contributed by atoms with Crippen LogP contribution in [0.1, 0.15) is 51.7 Å². The molecule has 2 aromatic rings. The highest BCUT2D eigenvalue weighted by Gasteiger charge is 2.51. The molecule has 3 saturated heterocycles.